The third kappa shape index (κ3) is 5.91. The van der Waals surface area contributed by atoms with Crippen molar-refractivity contribution in [3.05, 3.63) is 52.9 Å². The summed E-state index contributed by atoms with van der Waals surface area (Å²) < 4.78 is 44.4. The summed E-state index contributed by atoms with van der Waals surface area (Å²) in [6.07, 6.45) is -1.06. The summed E-state index contributed by atoms with van der Waals surface area (Å²) >= 11 is 1.29. The Kier molecular flexibility index (Phi) is 7.28. The fraction of sp³-hybridized carbons (Fsp3) is 0.440. The summed E-state index contributed by atoms with van der Waals surface area (Å²) in [5, 5.41) is 24.3. The number of aliphatic hydroxyl groups is 1. The van der Waals surface area contributed by atoms with Gasteiger partial charge in [-0.15, -0.1) is 11.3 Å². The van der Waals surface area contributed by atoms with Gasteiger partial charge in [0.15, 0.2) is 0 Å². The van der Waals surface area contributed by atoms with Gasteiger partial charge in [-0.1, -0.05) is 13.8 Å². The topological polar surface area (TPSA) is 117 Å². The summed E-state index contributed by atoms with van der Waals surface area (Å²) in [7, 11) is 1.53. The second-order valence-corrected chi connectivity index (χ2v) is 10.9. The molecule has 0 radical (unpaired) electrons. The molecule has 0 amide bonds. The van der Waals surface area contributed by atoms with Crippen LogP contribution in [0.1, 0.15) is 49.4 Å². The molecule has 37 heavy (non-hydrogen) atoms. The van der Waals surface area contributed by atoms with E-state index < -0.39 is 34.8 Å². The lowest BCUT2D eigenvalue weighted by atomic mass is 9.63. The maximum absolute atomic E-state index is 13.1. The second-order valence-electron chi connectivity index (χ2n) is 9.90. The zero-order chi connectivity index (χ0) is 27.0. The van der Waals surface area contributed by atoms with Crippen molar-refractivity contribution in [2.24, 2.45) is 11.3 Å². The van der Waals surface area contributed by atoms with Crippen molar-refractivity contribution in [3.63, 3.8) is 0 Å². The number of hydrogen-bond donors (Lipinski definition) is 3. The third-order valence-corrected chi connectivity index (χ3v) is 7.77. The fourth-order valence-corrected chi connectivity index (χ4v) is 5.88. The first-order valence-electron chi connectivity index (χ1n) is 11.5. The molecule has 0 saturated heterocycles. The summed E-state index contributed by atoms with van der Waals surface area (Å²) in [4.78, 5) is 24.3. The number of thiazole rings is 1. The molecule has 1 aliphatic carbocycles. The number of halogens is 3. The lowest BCUT2D eigenvalue weighted by Crippen LogP contribution is -2.44. The molecule has 1 saturated carbocycles. The van der Waals surface area contributed by atoms with E-state index in [0.29, 0.717) is 17.1 Å². The predicted molar refractivity (Wildman–Crippen MR) is 131 cm³/mol. The van der Waals surface area contributed by atoms with E-state index >= 15 is 0 Å². The van der Waals surface area contributed by atoms with Crippen LogP contribution in [0.4, 0.5) is 24.8 Å². The number of anilines is 2. The first-order chi connectivity index (χ1) is 17.3. The van der Waals surface area contributed by atoms with Gasteiger partial charge in [-0.25, -0.2) is 15.0 Å². The number of benzene rings is 1. The number of aromatic nitrogens is 3. The molecule has 0 unspecified atom stereocenters. The van der Waals surface area contributed by atoms with Crippen molar-refractivity contribution in [2.45, 2.75) is 51.5 Å². The van der Waals surface area contributed by atoms with Gasteiger partial charge < -0.3 is 20.3 Å². The smallest absolute Gasteiger partial charge is 0.433 e. The minimum absolute atomic E-state index is 0.202. The van der Waals surface area contributed by atoms with Crippen molar-refractivity contribution in [1.82, 2.24) is 15.0 Å². The molecule has 1 fully saturated rings. The normalized spacial score (nSPS) is 21.5. The van der Waals surface area contributed by atoms with E-state index in [1.165, 1.54) is 18.4 Å². The minimum Gasteiger partial charge on any atom is -0.481 e. The summed E-state index contributed by atoms with van der Waals surface area (Å²) in [6.45, 7) is 3.94. The van der Waals surface area contributed by atoms with Gasteiger partial charge in [0, 0.05) is 25.2 Å². The van der Waals surface area contributed by atoms with Crippen LogP contribution >= 0.6 is 11.3 Å². The Morgan fingerprint density at radius 1 is 1.27 bits per heavy atom. The highest BCUT2D eigenvalue weighted by atomic mass is 32.1. The van der Waals surface area contributed by atoms with Gasteiger partial charge in [0.1, 0.15) is 16.3 Å². The molecule has 2 heterocycles. The fourth-order valence-electron chi connectivity index (χ4n) is 4.86. The van der Waals surface area contributed by atoms with Crippen molar-refractivity contribution in [1.29, 1.82) is 0 Å². The van der Waals surface area contributed by atoms with E-state index in [2.05, 4.69) is 20.3 Å². The van der Waals surface area contributed by atoms with Crippen LogP contribution in [0, 0.1) is 11.3 Å². The molecule has 4 rings (SSSR count). The highest BCUT2D eigenvalue weighted by molar-refractivity contribution is 7.15. The number of alkyl halides is 3. The maximum atomic E-state index is 13.1. The molecule has 0 spiro atoms. The van der Waals surface area contributed by atoms with Gasteiger partial charge in [0.2, 0.25) is 5.95 Å². The SMILES string of the molecule is COCc1cc(Nc2nccc(C(F)(F)F)n2)cc(-c2cnc([C@@]3(O)CC[C@H](C(=O)O)C(C)(C)C3)s2)c1. The van der Waals surface area contributed by atoms with E-state index in [4.69, 9.17) is 4.74 Å². The Labute approximate surface area is 215 Å². The van der Waals surface area contributed by atoms with E-state index in [1.54, 1.807) is 18.3 Å². The Balaban J connectivity index is 1.63. The quantitative estimate of drug-likeness (QED) is 0.357. The van der Waals surface area contributed by atoms with Crippen LogP contribution in [0.15, 0.2) is 36.7 Å². The number of hydrogen-bond acceptors (Lipinski definition) is 8. The number of carboxylic acids is 1. The number of nitrogens with one attached hydrogen (secondary N) is 1. The van der Waals surface area contributed by atoms with Crippen LogP contribution in [0.5, 0.6) is 0 Å². The summed E-state index contributed by atoms with van der Waals surface area (Å²) in [5.74, 6) is -1.62. The molecular formula is C25H27F3N4O4S. The Hall–Kier alpha value is -3.09. The molecule has 3 N–H and O–H groups in total. The van der Waals surface area contributed by atoms with Gasteiger partial charge in [-0.2, -0.15) is 13.2 Å². The van der Waals surface area contributed by atoms with Crippen LogP contribution in [0.2, 0.25) is 0 Å². The number of nitrogens with zero attached hydrogens (tertiary/aromatic N) is 3. The molecule has 12 heteroatoms. The van der Waals surface area contributed by atoms with Crippen molar-refractivity contribution in [3.8, 4) is 10.4 Å². The zero-order valence-corrected chi connectivity index (χ0v) is 21.3. The maximum Gasteiger partial charge on any atom is 0.433 e. The molecule has 2 aromatic heterocycles. The highest BCUT2D eigenvalue weighted by Crippen LogP contribution is 2.51. The van der Waals surface area contributed by atoms with Crippen molar-refractivity contribution >= 4 is 28.9 Å². The van der Waals surface area contributed by atoms with E-state index in [0.717, 1.165) is 28.3 Å². The number of carbonyl (C=O) groups is 1. The van der Waals surface area contributed by atoms with Crippen LogP contribution in [-0.2, 0) is 27.9 Å². The standard InChI is InChI=1S/C25H27F3N4O4S/c1-23(2)13-24(35,6-4-17(23)20(33)34)21-30-11-18(37-21)15-8-14(12-36-3)9-16(10-15)31-22-29-7-5-19(32-22)25(26,27)28/h5,7-11,17,35H,4,6,12-13H2,1-3H3,(H,33,34)(H,29,31,32)/t17-,24-/m1/s1. The average Bonchev–Trinajstić information content (AvgIpc) is 3.29. The van der Waals surface area contributed by atoms with Crippen LogP contribution < -0.4 is 5.32 Å². The predicted octanol–water partition coefficient (Wildman–Crippen LogP) is 5.61. The van der Waals surface area contributed by atoms with Gasteiger partial charge in [-0.05, 0) is 60.1 Å². The van der Waals surface area contributed by atoms with E-state index in [1.807, 2.05) is 19.9 Å². The minimum atomic E-state index is -4.60. The van der Waals surface area contributed by atoms with Gasteiger partial charge in [0.25, 0.3) is 0 Å². The van der Waals surface area contributed by atoms with Crippen LogP contribution in [-0.4, -0.2) is 38.2 Å². The Bertz CT molecular complexity index is 1300. The molecule has 198 valence electrons. The van der Waals surface area contributed by atoms with Crippen molar-refractivity contribution in [2.75, 3.05) is 12.4 Å². The second kappa shape index (κ2) is 9.99. The molecule has 0 bridgehead atoms. The lowest BCUT2D eigenvalue weighted by molar-refractivity contribution is -0.154. The first-order valence-corrected chi connectivity index (χ1v) is 12.3. The van der Waals surface area contributed by atoms with Gasteiger partial charge in [-0.3, -0.25) is 4.79 Å². The number of rotatable bonds is 7. The summed E-state index contributed by atoms with van der Waals surface area (Å²) in [6, 6.07) is 6.12. The monoisotopic (exact) mass is 536 g/mol. The zero-order valence-electron chi connectivity index (χ0n) is 20.5. The number of carboxylic acid groups (broad SMARTS) is 1. The summed E-state index contributed by atoms with van der Waals surface area (Å²) in [5.41, 5.74) is -0.999. The Morgan fingerprint density at radius 3 is 2.68 bits per heavy atom. The van der Waals surface area contributed by atoms with E-state index in [-0.39, 0.29) is 25.4 Å². The first kappa shape index (κ1) is 27.0. The molecule has 1 aliphatic rings. The Morgan fingerprint density at radius 2 is 2.03 bits per heavy atom. The number of aliphatic carboxylic acids is 1. The molecule has 1 aromatic carbocycles. The van der Waals surface area contributed by atoms with Crippen LogP contribution in [0.25, 0.3) is 10.4 Å². The molecule has 0 aliphatic heterocycles. The third-order valence-electron chi connectivity index (χ3n) is 6.53. The molecular weight excluding hydrogens is 509 g/mol. The van der Waals surface area contributed by atoms with Crippen LogP contribution in [0.3, 0.4) is 0 Å². The van der Waals surface area contributed by atoms with E-state index in [9.17, 15) is 28.2 Å². The highest BCUT2D eigenvalue weighted by Gasteiger charge is 2.49. The number of methoxy groups -OCH3 is 1. The van der Waals surface area contributed by atoms with Crippen molar-refractivity contribution < 1.29 is 32.9 Å². The van der Waals surface area contributed by atoms with Gasteiger partial charge >= 0.3 is 12.1 Å². The number of ether oxygens (including phenoxy) is 1. The molecule has 3 aromatic rings. The molecule has 8 nitrogen and oxygen atoms in total. The van der Waals surface area contributed by atoms with Gasteiger partial charge in [0.05, 0.1) is 17.4 Å². The largest absolute Gasteiger partial charge is 0.481 e. The average molecular weight is 537 g/mol. The molecule has 2 atom stereocenters. The lowest BCUT2D eigenvalue weighted by Gasteiger charge is -2.44.